The van der Waals surface area contributed by atoms with Crippen molar-refractivity contribution in [1.82, 2.24) is 19.9 Å². The van der Waals surface area contributed by atoms with E-state index in [0.29, 0.717) is 34.8 Å². The largest absolute Gasteiger partial charge is 0.494 e. The number of methoxy groups -OCH3 is 1. The Morgan fingerprint density at radius 1 is 1.08 bits per heavy atom. The minimum atomic E-state index is -1.30. The lowest BCUT2D eigenvalue weighted by molar-refractivity contribution is 0.0535. The zero-order chi connectivity index (χ0) is 27.3. The van der Waals surface area contributed by atoms with Crippen molar-refractivity contribution in [3.63, 3.8) is 0 Å². The van der Waals surface area contributed by atoms with Gasteiger partial charge in [-0.05, 0) is 45.6 Å². The smallest absolute Gasteiger partial charge is 0.232 e. The van der Waals surface area contributed by atoms with E-state index >= 15 is 0 Å². The molecule has 0 aliphatic rings. The second-order valence-electron chi connectivity index (χ2n) is 9.16. The fraction of sp³-hybridized carbons (Fsp3) is 0.400. The van der Waals surface area contributed by atoms with E-state index in [0.717, 1.165) is 18.8 Å². The molecule has 10 nitrogen and oxygen atoms in total. The molecule has 37 heavy (non-hydrogen) atoms. The Kier molecular flexibility index (Phi) is 8.95. The maximum Gasteiger partial charge on any atom is 0.232 e. The molecule has 1 heterocycles. The molecule has 0 fully saturated rings. The molecular weight excluding hydrogens is 499 g/mol. The summed E-state index contributed by atoms with van der Waals surface area (Å²) in [6.07, 6.45) is 1.67. The van der Waals surface area contributed by atoms with Gasteiger partial charge in [-0.2, -0.15) is 4.98 Å². The van der Waals surface area contributed by atoms with Gasteiger partial charge in [0.2, 0.25) is 11.9 Å². The molecular formula is C25H34ClFN8O2. The zero-order valence-corrected chi connectivity index (χ0v) is 22.7. The second-order valence-corrected chi connectivity index (χ2v) is 9.57. The summed E-state index contributed by atoms with van der Waals surface area (Å²) in [5.41, 5.74) is 7.73. The standard InChI is InChI=1S/C25H34ClFN8O2/c1-7-25(2,36)15-10-17(27)16(26)11-19(15)31-23-29-14-30-24(33-23)32-20-12-18(28)21(13-22(20)37-6)35(5)9-8-34(3)4/h10-14,36H,7-9,28H2,1-6H3,(H2,29,30,31,32,33). The minimum absolute atomic E-state index is 0.0959. The van der Waals surface area contributed by atoms with Gasteiger partial charge in [0.25, 0.3) is 0 Å². The number of nitrogens with two attached hydrogens (primary N) is 1. The topological polar surface area (TPSA) is 125 Å². The summed E-state index contributed by atoms with van der Waals surface area (Å²) < 4.78 is 19.8. The molecule has 0 radical (unpaired) electrons. The summed E-state index contributed by atoms with van der Waals surface area (Å²) in [7, 11) is 7.57. The third-order valence-corrected chi connectivity index (χ3v) is 6.33. The van der Waals surface area contributed by atoms with Gasteiger partial charge in [0.05, 0.1) is 34.8 Å². The summed E-state index contributed by atoms with van der Waals surface area (Å²) in [4.78, 5) is 16.9. The number of benzene rings is 2. The van der Waals surface area contributed by atoms with E-state index in [2.05, 4.69) is 35.4 Å². The van der Waals surface area contributed by atoms with Crippen LogP contribution in [0, 0.1) is 5.82 Å². The van der Waals surface area contributed by atoms with Gasteiger partial charge in [-0.3, -0.25) is 0 Å². The van der Waals surface area contributed by atoms with Gasteiger partial charge in [-0.15, -0.1) is 0 Å². The Labute approximate surface area is 221 Å². The lowest BCUT2D eigenvalue weighted by Gasteiger charge is -2.25. The summed E-state index contributed by atoms with van der Waals surface area (Å²) >= 11 is 6.01. The highest BCUT2D eigenvalue weighted by atomic mass is 35.5. The first-order valence-electron chi connectivity index (χ1n) is 11.7. The fourth-order valence-electron chi connectivity index (χ4n) is 3.60. The van der Waals surface area contributed by atoms with Gasteiger partial charge in [0.15, 0.2) is 0 Å². The number of nitrogens with one attached hydrogen (secondary N) is 2. The molecule has 200 valence electrons. The van der Waals surface area contributed by atoms with Crippen LogP contribution < -0.4 is 26.0 Å². The first kappa shape index (κ1) is 28.2. The number of aliphatic hydroxyl groups is 1. The number of nitrogen functional groups attached to an aromatic ring is 1. The van der Waals surface area contributed by atoms with Crippen LogP contribution in [0.5, 0.6) is 5.75 Å². The van der Waals surface area contributed by atoms with Crippen LogP contribution >= 0.6 is 11.6 Å². The molecule has 1 atom stereocenters. The SMILES string of the molecule is CCC(C)(O)c1cc(F)c(Cl)cc1Nc1ncnc(Nc2cc(N)c(N(C)CCN(C)C)cc2OC)n1. The number of nitrogens with zero attached hydrogens (tertiary/aromatic N) is 5. The van der Waals surface area contributed by atoms with E-state index in [9.17, 15) is 9.50 Å². The average molecular weight is 533 g/mol. The van der Waals surface area contributed by atoms with Gasteiger partial charge in [-0.25, -0.2) is 14.4 Å². The Balaban J connectivity index is 1.88. The lowest BCUT2D eigenvalue weighted by atomic mass is 9.91. The predicted octanol–water partition coefficient (Wildman–Crippen LogP) is 4.36. The van der Waals surface area contributed by atoms with Crippen LogP contribution in [0.3, 0.4) is 0 Å². The number of hydrogen-bond donors (Lipinski definition) is 4. The molecule has 3 rings (SSSR count). The van der Waals surface area contributed by atoms with Crippen molar-refractivity contribution < 1.29 is 14.2 Å². The molecule has 12 heteroatoms. The van der Waals surface area contributed by atoms with Crippen LogP contribution in [-0.4, -0.2) is 66.3 Å². The van der Waals surface area contributed by atoms with E-state index < -0.39 is 11.4 Å². The average Bonchev–Trinajstić information content (AvgIpc) is 2.85. The minimum Gasteiger partial charge on any atom is -0.494 e. The van der Waals surface area contributed by atoms with Gasteiger partial charge < -0.3 is 36.0 Å². The fourth-order valence-corrected chi connectivity index (χ4v) is 3.76. The predicted molar refractivity (Wildman–Crippen MR) is 147 cm³/mol. The third-order valence-electron chi connectivity index (χ3n) is 6.04. The maximum atomic E-state index is 14.2. The molecule has 1 aromatic heterocycles. The van der Waals surface area contributed by atoms with E-state index in [1.54, 1.807) is 27.0 Å². The third kappa shape index (κ3) is 6.88. The van der Waals surface area contributed by atoms with Crippen molar-refractivity contribution in [2.24, 2.45) is 0 Å². The highest BCUT2D eigenvalue weighted by molar-refractivity contribution is 6.31. The molecule has 2 aromatic carbocycles. The molecule has 0 bridgehead atoms. The van der Waals surface area contributed by atoms with Crippen molar-refractivity contribution in [1.29, 1.82) is 0 Å². The first-order valence-corrected chi connectivity index (χ1v) is 12.1. The van der Waals surface area contributed by atoms with Crippen LogP contribution in [0.15, 0.2) is 30.6 Å². The molecule has 5 N–H and O–H groups in total. The Hall–Kier alpha value is -3.41. The van der Waals surface area contributed by atoms with E-state index in [1.165, 1.54) is 18.5 Å². The quantitative estimate of drug-likeness (QED) is 0.265. The van der Waals surface area contributed by atoms with Crippen molar-refractivity contribution in [3.8, 4) is 5.75 Å². The number of rotatable bonds is 11. The molecule has 0 aliphatic heterocycles. The normalized spacial score (nSPS) is 12.8. The second kappa shape index (κ2) is 11.8. The number of hydrogen-bond acceptors (Lipinski definition) is 10. The van der Waals surface area contributed by atoms with Crippen LogP contribution in [0.4, 0.5) is 39.0 Å². The number of ether oxygens (including phenoxy) is 1. The molecule has 0 aliphatic carbocycles. The molecule has 0 spiro atoms. The summed E-state index contributed by atoms with van der Waals surface area (Å²) in [5.74, 6) is 0.318. The van der Waals surface area contributed by atoms with Gasteiger partial charge in [0.1, 0.15) is 17.9 Å². The van der Waals surface area contributed by atoms with Crippen molar-refractivity contribution in [3.05, 3.63) is 47.0 Å². The summed E-state index contributed by atoms with van der Waals surface area (Å²) in [5, 5.41) is 16.8. The summed E-state index contributed by atoms with van der Waals surface area (Å²) in [6, 6.07) is 6.21. The van der Waals surface area contributed by atoms with Crippen LogP contribution in [-0.2, 0) is 5.60 Å². The Bertz CT molecular complexity index is 1240. The van der Waals surface area contributed by atoms with Gasteiger partial charge >= 0.3 is 0 Å². The Morgan fingerprint density at radius 2 is 1.73 bits per heavy atom. The van der Waals surface area contributed by atoms with Crippen molar-refractivity contribution in [2.75, 3.05) is 62.6 Å². The van der Waals surface area contributed by atoms with Crippen LogP contribution in [0.1, 0.15) is 25.8 Å². The Morgan fingerprint density at radius 3 is 2.32 bits per heavy atom. The van der Waals surface area contributed by atoms with Crippen molar-refractivity contribution in [2.45, 2.75) is 25.9 Å². The van der Waals surface area contributed by atoms with E-state index in [1.807, 2.05) is 27.2 Å². The zero-order valence-electron chi connectivity index (χ0n) is 21.9. The van der Waals surface area contributed by atoms with Crippen LogP contribution in [0.2, 0.25) is 5.02 Å². The number of likely N-dealkylation sites (N-methyl/N-ethyl adjacent to an activating group) is 2. The highest BCUT2D eigenvalue weighted by Crippen LogP contribution is 2.37. The molecule has 3 aromatic rings. The number of anilines is 6. The lowest BCUT2D eigenvalue weighted by Crippen LogP contribution is -2.29. The number of halogens is 2. The van der Waals surface area contributed by atoms with Crippen molar-refractivity contribution >= 4 is 46.2 Å². The molecule has 1 unspecified atom stereocenters. The van der Waals surface area contributed by atoms with Gasteiger partial charge in [0, 0.05) is 37.5 Å². The monoisotopic (exact) mass is 532 g/mol. The number of aromatic nitrogens is 3. The molecule has 0 saturated heterocycles. The molecule has 0 saturated carbocycles. The van der Waals surface area contributed by atoms with Gasteiger partial charge in [-0.1, -0.05) is 18.5 Å². The summed E-state index contributed by atoms with van der Waals surface area (Å²) in [6.45, 7) is 5.05. The van der Waals surface area contributed by atoms with E-state index in [-0.39, 0.29) is 16.9 Å². The van der Waals surface area contributed by atoms with Crippen LogP contribution in [0.25, 0.3) is 0 Å². The first-order chi connectivity index (χ1) is 17.4. The van der Waals surface area contributed by atoms with E-state index in [4.69, 9.17) is 22.1 Å². The molecule has 0 amide bonds. The maximum absolute atomic E-state index is 14.2. The highest BCUT2D eigenvalue weighted by Gasteiger charge is 2.26.